The van der Waals surface area contributed by atoms with Gasteiger partial charge in [0.25, 0.3) is 0 Å². The normalized spacial score (nSPS) is 10.9. The molecular weight excluding hydrogens is 422 g/mol. The SMILES string of the molecule is O=C(Oc1ccc(C=Nc2cc(-c3ccccc3)nn2-c2ccccc2)cc1)c1ccccc1. The van der Waals surface area contributed by atoms with Crippen molar-refractivity contribution >= 4 is 18.0 Å². The third-order valence-electron chi connectivity index (χ3n) is 5.21. The molecule has 5 nitrogen and oxygen atoms in total. The van der Waals surface area contributed by atoms with Crippen LogP contribution in [0, 0.1) is 0 Å². The number of benzene rings is 4. The molecule has 4 aromatic carbocycles. The number of carbonyl (C=O) groups is 1. The zero-order valence-electron chi connectivity index (χ0n) is 18.3. The molecule has 0 aliphatic rings. The van der Waals surface area contributed by atoms with E-state index in [4.69, 9.17) is 14.8 Å². The minimum atomic E-state index is -0.387. The van der Waals surface area contributed by atoms with Crippen molar-refractivity contribution in [3.63, 3.8) is 0 Å². The molecule has 0 atom stereocenters. The van der Waals surface area contributed by atoms with Gasteiger partial charge in [-0.05, 0) is 54.1 Å². The molecule has 0 aliphatic carbocycles. The van der Waals surface area contributed by atoms with Gasteiger partial charge in [-0.3, -0.25) is 0 Å². The fraction of sp³-hybridized carbons (Fsp3) is 0. The standard InChI is InChI=1S/C29H21N3O2/c33-29(24-12-6-2-7-13-24)34-26-18-16-22(17-19-26)21-30-28-20-27(23-10-4-1-5-11-23)31-32(28)25-14-8-3-9-15-25/h1-21H. The van der Waals surface area contributed by atoms with Crippen LogP contribution in [0.4, 0.5) is 5.82 Å². The summed E-state index contributed by atoms with van der Waals surface area (Å²) in [5.41, 5.74) is 4.19. The smallest absolute Gasteiger partial charge is 0.343 e. The van der Waals surface area contributed by atoms with Crippen molar-refractivity contribution in [2.45, 2.75) is 0 Å². The lowest BCUT2D eigenvalue weighted by atomic mass is 10.2. The van der Waals surface area contributed by atoms with Gasteiger partial charge in [0.2, 0.25) is 0 Å². The lowest BCUT2D eigenvalue weighted by molar-refractivity contribution is 0.0735. The topological polar surface area (TPSA) is 56.5 Å². The first-order chi connectivity index (χ1) is 16.8. The molecule has 34 heavy (non-hydrogen) atoms. The Bertz CT molecular complexity index is 1410. The summed E-state index contributed by atoms with van der Waals surface area (Å²) in [6.07, 6.45) is 1.77. The van der Waals surface area contributed by atoms with E-state index in [-0.39, 0.29) is 5.97 Å². The molecule has 164 valence electrons. The Kier molecular flexibility index (Phi) is 6.08. The summed E-state index contributed by atoms with van der Waals surface area (Å²) >= 11 is 0. The van der Waals surface area contributed by atoms with Crippen LogP contribution in [0.5, 0.6) is 5.75 Å². The van der Waals surface area contributed by atoms with Crippen molar-refractivity contribution in [1.82, 2.24) is 9.78 Å². The molecule has 0 bridgehead atoms. The van der Waals surface area contributed by atoms with Gasteiger partial charge < -0.3 is 4.74 Å². The predicted octanol–water partition coefficient (Wildman–Crippen LogP) is 6.51. The summed E-state index contributed by atoms with van der Waals surface area (Å²) in [5.74, 6) is 0.804. The van der Waals surface area contributed by atoms with Crippen LogP contribution in [0.1, 0.15) is 15.9 Å². The number of hydrogen-bond donors (Lipinski definition) is 0. The molecule has 1 heterocycles. The van der Waals surface area contributed by atoms with E-state index in [0.29, 0.717) is 17.1 Å². The Morgan fingerprint density at radius 1 is 0.765 bits per heavy atom. The van der Waals surface area contributed by atoms with Gasteiger partial charge in [-0.15, -0.1) is 0 Å². The molecule has 5 aromatic rings. The molecule has 0 unspecified atom stereocenters. The molecule has 1 aromatic heterocycles. The van der Waals surface area contributed by atoms with Gasteiger partial charge in [-0.1, -0.05) is 66.7 Å². The van der Waals surface area contributed by atoms with Crippen LogP contribution in [0.25, 0.3) is 16.9 Å². The van der Waals surface area contributed by atoms with E-state index in [1.54, 1.807) is 42.6 Å². The molecule has 5 rings (SSSR count). The Balaban J connectivity index is 1.38. The molecule has 0 radical (unpaired) electrons. The Morgan fingerprint density at radius 2 is 1.38 bits per heavy atom. The van der Waals surface area contributed by atoms with Gasteiger partial charge in [-0.25, -0.2) is 14.5 Å². The highest BCUT2D eigenvalue weighted by atomic mass is 16.5. The van der Waals surface area contributed by atoms with Crippen molar-refractivity contribution in [3.8, 4) is 22.7 Å². The summed E-state index contributed by atoms with van der Waals surface area (Å²) in [5, 5.41) is 4.78. The molecule has 0 N–H and O–H groups in total. The Morgan fingerprint density at radius 3 is 2.06 bits per heavy atom. The van der Waals surface area contributed by atoms with E-state index in [2.05, 4.69) is 0 Å². The van der Waals surface area contributed by atoms with Crippen LogP contribution < -0.4 is 4.74 Å². The zero-order chi connectivity index (χ0) is 23.2. The second-order valence-electron chi connectivity index (χ2n) is 7.58. The molecule has 0 saturated heterocycles. The number of nitrogens with zero attached hydrogens (tertiary/aromatic N) is 3. The monoisotopic (exact) mass is 443 g/mol. The van der Waals surface area contributed by atoms with Crippen LogP contribution >= 0.6 is 0 Å². The highest BCUT2D eigenvalue weighted by Gasteiger charge is 2.11. The van der Waals surface area contributed by atoms with E-state index in [1.807, 2.05) is 89.6 Å². The third kappa shape index (κ3) is 4.84. The molecule has 0 spiro atoms. The van der Waals surface area contributed by atoms with Gasteiger partial charge in [0.1, 0.15) is 5.75 Å². The molecule has 0 saturated carbocycles. The summed E-state index contributed by atoms with van der Waals surface area (Å²) in [6, 6.07) is 38.1. The number of rotatable bonds is 6. The number of aliphatic imine (C=N–C) groups is 1. The average Bonchev–Trinajstić information content (AvgIpc) is 3.34. The molecule has 0 fully saturated rings. The van der Waals surface area contributed by atoms with Crippen molar-refractivity contribution in [2.24, 2.45) is 4.99 Å². The number of esters is 1. The van der Waals surface area contributed by atoms with Gasteiger partial charge in [-0.2, -0.15) is 5.10 Å². The van der Waals surface area contributed by atoms with Gasteiger partial charge in [0.05, 0.1) is 16.9 Å². The van der Waals surface area contributed by atoms with Gasteiger partial charge in [0, 0.05) is 17.8 Å². The van der Waals surface area contributed by atoms with E-state index in [0.717, 1.165) is 22.5 Å². The van der Waals surface area contributed by atoms with Crippen LogP contribution in [-0.2, 0) is 0 Å². The van der Waals surface area contributed by atoms with Crippen LogP contribution in [0.2, 0.25) is 0 Å². The summed E-state index contributed by atoms with van der Waals surface area (Å²) in [4.78, 5) is 16.9. The van der Waals surface area contributed by atoms with Crippen LogP contribution in [0.3, 0.4) is 0 Å². The molecular formula is C29H21N3O2. The lowest BCUT2D eigenvalue weighted by Crippen LogP contribution is -2.07. The van der Waals surface area contributed by atoms with E-state index in [1.165, 1.54) is 0 Å². The third-order valence-corrected chi connectivity index (χ3v) is 5.21. The van der Waals surface area contributed by atoms with Crippen molar-refractivity contribution < 1.29 is 9.53 Å². The predicted molar refractivity (Wildman–Crippen MR) is 134 cm³/mol. The highest BCUT2D eigenvalue weighted by molar-refractivity contribution is 5.91. The maximum atomic E-state index is 12.2. The number of aromatic nitrogens is 2. The first-order valence-electron chi connectivity index (χ1n) is 10.9. The van der Waals surface area contributed by atoms with Gasteiger partial charge >= 0.3 is 5.97 Å². The Labute approximate surface area is 197 Å². The fourth-order valence-electron chi connectivity index (χ4n) is 3.48. The van der Waals surface area contributed by atoms with Crippen LogP contribution in [0.15, 0.2) is 126 Å². The first-order valence-corrected chi connectivity index (χ1v) is 10.9. The second-order valence-corrected chi connectivity index (χ2v) is 7.58. The maximum absolute atomic E-state index is 12.2. The Hall–Kier alpha value is -4.77. The lowest BCUT2D eigenvalue weighted by Gasteiger charge is -2.05. The van der Waals surface area contributed by atoms with Crippen molar-refractivity contribution in [2.75, 3.05) is 0 Å². The summed E-state index contributed by atoms with van der Waals surface area (Å²) in [6.45, 7) is 0. The first kappa shape index (κ1) is 21.1. The quantitative estimate of drug-likeness (QED) is 0.171. The fourth-order valence-corrected chi connectivity index (χ4v) is 3.48. The molecule has 0 amide bonds. The molecule has 5 heteroatoms. The number of carbonyl (C=O) groups excluding carboxylic acids is 1. The number of para-hydroxylation sites is 1. The van der Waals surface area contributed by atoms with Gasteiger partial charge in [0.15, 0.2) is 5.82 Å². The second kappa shape index (κ2) is 9.79. The summed E-state index contributed by atoms with van der Waals surface area (Å²) in [7, 11) is 0. The maximum Gasteiger partial charge on any atom is 0.343 e. The number of ether oxygens (including phenoxy) is 1. The van der Waals surface area contributed by atoms with Crippen LogP contribution in [-0.4, -0.2) is 22.0 Å². The average molecular weight is 444 g/mol. The zero-order valence-corrected chi connectivity index (χ0v) is 18.3. The van der Waals surface area contributed by atoms with E-state index >= 15 is 0 Å². The minimum Gasteiger partial charge on any atom is -0.423 e. The number of hydrogen-bond acceptors (Lipinski definition) is 4. The van der Waals surface area contributed by atoms with E-state index < -0.39 is 0 Å². The summed E-state index contributed by atoms with van der Waals surface area (Å²) < 4.78 is 7.28. The van der Waals surface area contributed by atoms with Crippen molar-refractivity contribution in [3.05, 3.63) is 132 Å². The minimum absolute atomic E-state index is 0.387. The van der Waals surface area contributed by atoms with Crippen molar-refractivity contribution in [1.29, 1.82) is 0 Å². The molecule has 0 aliphatic heterocycles. The van der Waals surface area contributed by atoms with E-state index in [9.17, 15) is 4.79 Å². The highest BCUT2D eigenvalue weighted by Crippen LogP contribution is 2.26. The largest absolute Gasteiger partial charge is 0.423 e.